The highest BCUT2D eigenvalue weighted by Gasteiger charge is 2.17. The minimum Gasteiger partial charge on any atom is -0.398 e. The average molecular weight is 278 g/mol. The molecule has 108 valence electrons. The summed E-state index contributed by atoms with van der Waals surface area (Å²) < 4.78 is 0. The second kappa shape index (κ2) is 6.33. The highest BCUT2D eigenvalue weighted by Crippen LogP contribution is 2.19. The van der Waals surface area contributed by atoms with Crippen LogP contribution in [0.3, 0.4) is 0 Å². The summed E-state index contributed by atoms with van der Waals surface area (Å²) in [6, 6.07) is 3.88. The number of anilines is 1. The van der Waals surface area contributed by atoms with Crippen LogP contribution in [0.25, 0.3) is 0 Å². The zero-order valence-corrected chi connectivity index (χ0v) is 11.1. The smallest absolute Gasteiger partial charge is 0.270 e. The first kappa shape index (κ1) is 14.3. The van der Waals surface area contributed by atoms with Crippen molar-refractivity contribution in [1.82, 2.24) is 10.6 Å². The summed E-state index contributed by atoms with van der Waals surface area (Å²) in [5.74, 6) is 0.218. The van der Waals surface area contributed by atoms with Crippen LogP contribution in [0.2, 0.25) is 0 Å². The second-order valence-electron chi connectivity index (χ2n) is 4.93. The number of hydrogen-bond acceptors (Lipinski definition) is 5. The van der Waals surface area contributed by atoms with Crippen molar-refractivity contribution in [3.8, 4) is 0 Å². The molecular weight excluding hydrogens is 260 g/mol. The standard InChI is InChI=1S/C13H18N4O3/c14-12-2-1-10(17(19)20)7-11(12)13(18)16-6-4-9-3-5-15-8-9/h1-2,7,9,15H,3-6,8,14H2,(H,16,18). The van der Waals surface area contributed by atoms with E-state index < -0.39 is 4.92 Å². The van der Waals surface area contributed by atoms with Gasteiger partial charge in [0.15, 0.2) is 0 Å². The highest BCUT2D eigenvalue weighted by molar-refractivity contribution is 5.99. The molecule has 1 fully saturated rings. The average Bonchev–Trinajstić information content (AvgIpc) is 2.92. The lowest BCUT2D eigenvalue weighted by Crippen LogP contribution is -2.27. The van der Waals surface area contributed by atoms with E-state index in [-0.39, 0.29) is 22.8 Å². The summed E-state index contributed by atoms with van der Waals surface area (Å²) in [4.78, 5) is 22.1. The van der Waals surface area contributed by atoms with Crippen molar-refractivity contribution in [3.05, 3.63) is 33.9 Å². The van der Waals surface area contributed by atoms with Gasteiger partial charge in [-0.3, -0.25) is 14.9 Å². The number of nitrogen functional groups attached to an aromatic ring is 1. The van der Waals surface area contributed by atoms with Crippen molar-refractivity contribution in [2.45, 2.75) is 12.8 Å². The Balaban J connectivity index is 1.94. The molecule has 1 heterocycles. The second-order valence-corrected chi connectivity index (χ2v) is 4.93. The SMILES string of the molecule is Nc1ccc([N+](=O)[O-])cc1C(=O)NCCC1CCNC1. The number of nitro groups is 1. The van der Waals surface area contributed by atoms with Gasteiger partial charge in [-0.05, 0) is 37.9 Å². The van der Waals surface area contributed by atoms with Gasteiger partial charge in [0, 0.05) is 24.4 Å². The molecule has 1 aliphatic rings. The number of carbonyl (C=O) groups is 1. The van der Waals surface area contributed by atoms with Gasteiger partial charge in [0.25, 0.3) is 11.6 Å². The molecular formula is C13H18N4O3. The Morgan fingerprint density at radius 1 is 1.55 bits per heavy atom. The van der Waals surface area contributed by atoms with E-state index in [0.29, 0.717) is 12.5 Å². The third kappa shape index (κ3) is 3.45. The van der Waals surface area contributed by atoms with Crippen LogP contribution in [0.5, 0.6) is 0 Å². The molecule has 1 aromatic rings. The number of nitrogens with two attached hydrogens (primary N) is 1. The van der Waals surface area contributed by atoms with Gasteiger partial charge in [0.2, 0.25) is 0 Å². The topological polar surface area (TPSA) is 110 Å². The van der Waals surface area contributed by atoms with Crippen molar-refractivity contribution in [1.29, 1.82) is 0 Å². The Kier molecular flexibility index (Phi) is 4.52. The van der Waals surface area contributed by atoms with Gasteiger partial charge in [0.1, 0.15) is 0 Å². The molecule has 1 atom stereocenters. The Morgan fingerprint density at radius 2 is 2.35 bits per heavy atom. The monoisotopic (exact) mass is 278 g/mol. The molecule has 1 amide bonds. The van der Waals surface area contributed by atoms with Gasteiger partial charge in [-0.1, -0.05) is 0 Å². The van der Waals surface area contributed by atoms with Crippen molar-refractivity contribution < 1.29 is 9.72 Å². The summed E-state index contributed by atoms with van der Waals surface area (Å²) in [5.41, 5.74) is 5.96. The molecule has 2 rings (SSSR count). The normalized spacial score (nSPS) is 17.9. The third-order valence-corrected chi connectivity index (χ3v) is 3.49. The third-order valence-electron chi connectivity index (χ3n) is 3.49. The van der Waals surface area contributed by atoms with E-state index in [4.69, 9.17) is 5.73 Å². The fourth-order valence-corrected chi connectivity index (χ4v) is 2.30. The molecule has 0 bridgehead atoms. The molecule has 0 spiro atoms. The van der Waals surface area contributed by atoms with Crippen LogP contribution in [0.4, 0.5) is 11.4 Å². The summed E-state index contributed by atoms with van der Waals surface area (Å²) in [7, 11) is 0. The predicted molar refractivity (Wildman–Crippen MR) is 75.4 cm³/mol. The summed E-state index contributed by atoms with van der Waals surface area (Å²) >= 11 is 0. The Hall–Kier alpha value is -2.15. The van der Waals surface area contributed by atoms with E-state index in [0.717, 1.165) is 25.9 Å². The number of carbonyl (C=O) groups excluding carboxylic acids is 1. The van der Waals surface area contributed by atoms with E-state index in [1.807, 2.05) is 0 Å². The van der Waals surface area contributed by atoms with Crippen LogP contribution in [0, 0.1) is 16.0 Å². The van der Waals surface area contributed by atoms with Gasteiger partial charge in [0.05, 0.1) is 10.5 Å². The first-order valence-corrected chi connectivity index (χ1v) is 6.60. The minimum absolute atomic E-state index is 0.135. The zero-order chi connectivity index (χ0) is 14.5. The molecule has 1 aliphatic heterocycles. The van der Waals surface area contributed by atoms with Gasteiger partial charge in [-0.15, -0.1) is 0 Å². The number of nitro benzene ring substituents is 1. The maximum Gasteiger partial charge on any atom is 0.270 e. The van der Waals surface area contributed by atoms with E-state index >= 15 is 0 Å². The molecule has 4 N–H and O–H groups in total. The molecule has 0 aromatic heterocycles. The maximum atomic E-state index is 12.0. The zero-order valence-electron chi connectivity index (χ0n) is 11.1. The molecule has 20 heavy (non-hydrogen) atoms. The predicted octanol–water partition coefficient (Wildman–Crippen LogP) is 0.906. The number of hydrogen-bond donors (Lipinski definition) is 3. The Bertz CT molecular complexity index is 512. The summed E-state index contributed by atoms with van der Waals surface area (Å²) in [6.07, 6.45) is 2.02. The highest BCUT2D eigenvalue weighted by atomic mass is 16.6. The van der Waals surface area contributed by atoms with E-state index in [9.17, 15) is 14.9 Å². The van der Waals surface area contributed by atoms with Crippen LogP contribution < -0.4 is 16.4 Å². The van der Waals surface area contributed by atoms with Crippen molar-refractivity contribution in [3.63, 3.8) is 0 Å². The van der Waals surface area contributed by atoms with Gasteiger partial charge >= 0.3 is 0 Å². The van der Waals surface area contributed by atoms with Crippen LogP contribution in [0.1, 0.15) is 23.2 Å². The van der Waals surface area contributed by atoms with Crippen LogP contribution in [-0.4, -0.2) is 30.5 Å². The van der Waals surface area contributed by atoms with Crippen molar-refractivity contribution in [2.75, 3.05) is 25.4 Å². The van der Waals surface area contributed by atoms with Crippen molar-refractivity contribution >= 4 is 17.3 Å². The van der Waals surface area contributed by atoms with E-state index in [2.05, 4.69) is 10.6 Å². The summed E-state index contributed by atoms with van der Waals surface area (Å²) in [6.45, 7) is 2.55. The van der Waals surface area contributed by atoms with Gasteiger partial charge in [-0.25, -0.2) is 0 Å². The maximum absolute atomic E-state index is 12.0. The lowest BCUT2D eigenvalue weighted by atomic mass is 10.1. The van der Waals surface area contributed by atoms with Crippen molar-refractivity contribution in [2.24, 2.45) is 5.92 Å². The van der Waals surface area contributed by atoms with Crippen LogP contribution in [-0.2, 0) is 0 Å². The number of rotatable bonds is 5. The fourth-order valence-electron chi connectivity index (χ4n) is 2.30. The molecule has 0 saturated carbocycles. The van der Waals surface area contributed by atoms with Gasteiger partial charge in [-0.2, -0.15) is 0 Å². The number of nitrogens with zero attached hydrogens (tertiary/aromatic N) is 1. The number of nitrogens with one attached hydrogen (secondary N) is 2. The first-order valence-electron chi connectivity index (χ1n) is 6.60. The van der Waals surface area contributed by atoms with E-state index in [1.165, 1.54) is 18.2 Å². The lowest BCUT2D eigenvalue weighted by Gasteiger charge is -2.10. The Labute approximate surface area is 116 Å². The molecule has 1 saturated heterocycles. The minimum atomic E-state index is -0.541. The fraction of sp³-hybridized carbons (Fsp3) is 0.462. The molecule has 1 unspecified atom stereocenters. The van der Waals surface area contributed by atoms with Crippen LogP contribution >= 0.6 is 0 Å². The quantitative estimate of drug-likeness (QED) is 0.421. The largest absolute Gasteiger partial charge is 0.398 e. The number of amides is 1. The molecule has 7 nitrogen and oxygen atoms in total. The molecule has 0 radical (unpaired) electrons. The van der Waals surface area contributed by atoms with E-state index in [1.54, 1.807) is 0 Å². The first-order chi connectivity index (χ1) is 9.58. The Morgan fingerprint density at radius 3 is 3.00 bits per heavy atom. The lowest BCUT2D eigenvalue weighted by molar-refractivity contribution is -0.384. The summed E-state index contributed by atoms with van der Waals surface area (Å²) in [5, 5.41) is 16.7. The number of benzene rings is 1. The van der Waals surface area contributed by atoms with Gasteiger partial charge < -0.3 is 16.4 Å². The molecule has 7 heteroatoms. The van der Waals surface area contributed by atoms with Crippen LogP contribution in [0.15, 0.2) is 18.2 Å². The molecule has 1 aromatic carbocycles. The number of non-ortho nitro benzene ring substituents is 1. The molecule has 0 aliphatic carbocycles.